The Balaban J connectivity index is 1.42. The van der Waals surface area contributed by atoms with Crippen LogP contribution in [0.5, 0.6) is 0 Å². The molecule has 2 heterocycles. The summed E-state index contributed by atoms with van der Waals surface area (Å²) in [6, 6.07) is 18.2. The fourth-order valence-corrected chi connectivity index (χ4v) is 7.47. The molecule has 4 aromatic rings. The van der Waals surface area contributed by atoms with E-state index in [0.29, 0.717) is 4.71 Å². The number of aliphatic hydroxyl groups excluding tert-OH is 1. The van der Waals surface area contributed by atoms with Crippen molar-refractivity contribution in [1.82, 2.24) is 15.0 Å². The predicted molar refractivity (Wildman–Crippen MR) is 132 cm³/mol. The molecule has 2 aromatic carbocycles. The number of nitrogens with one attached hydrogen (secondary N) is 1. The molecule has 0 saturated heterocycles. The standard InChI is InChI=1S/C24H25AsN5OS/c26-17-8-11-20-21(13-17)32-24(28-20)30-22-14-18(12-15-4-2-1-3-5-15)27-23(29-22)25-16-6-9-19(31)10-7-16/h1-5,8,11,13-14,16,19,31H,6-7,9-10,12,26H2,(H,27,28,29,30). The number of benzene rings is 2. The fourth-order valence-electron chi connectivity index (χ4n) is 3.96. The third-order valence-corrected chi connectivity index (χ3v) is 9.29. The summed E-state index contributed by atoms with van der Waals surface area (Å²) in [5.41, 5.74) is 9.84. The number of rotatable bonds is 6. The number of hydrogen-bond donors (Lipinski definition) is 3. The molecule has 1 fully saturated rings. The van der Waals surface area contributed by atoms with E-state index in [1.165, 1.54) is 5.56 Å². The molecule has 0 spiro atoms. The minimum atomic E-state index is -0.159. The summed E-state index contributed by atoms with van der Waals surface area (Å²) in [5, 5.41) is 14.1. The Hall–Kier alpha value is -2.47. The van der Waals surface area contributed by atoms with Gasteiger partial charge in [0.15, 0.2) is 0 Å². The van der Waals surface area contributed by atoms with Gasteiger partial charge in [0.2, 0.25) is 0 Å². The molecule has 1 saturated carbocycles. The monoisotopic (exact) mass is 506 g/mol. The summed E-state index contributed by atoms with van der Waals surface area (Å²) < 4.78 is 2.61. The van der Waals surface area contributed by atoms with Gasteiger partial charge in [-0.3, -0.25) is 0 Å². The number of hydrogen-bond acceptors (Lipinski definition) is 7. The Bertz CT molecular complexity index is 1210. The molecule has 2 aromatic heterocycles. The first-order valence-corrected chi connectivity index (χ1v) is 13.7. The number of anilines is 3. The fraction of sp³-hybridized carbons (Fsp3) is 0.292. The van der Waals surface area contributed by atoms with Gasteiger partial charge in [-0.05, 0) is 0 Å². The molecule has 32 heavy (non-hydrogen) atoms. The van der Waals surface area contributed by atoms with Gasteiger partial charge in [-0.15, -0.1) is 0 Å². The third kappa shape index (κ3) is 5.29. The van der Waals surface area contributed by atoms with E-state index in [1.807, 2.05) is 30.3 Å². The molecule has 1 aliphatic rings. The summed E-state index contributed by atoms with van der Waals surface area (Å²) in [4.78, 5) is 14.5. The van der Waals surface area contributed by atoms with E-state index in [4.69, 9.17) is 15.7 Å². The summed E-state index contributed by atoms with van der Waals surface area (Å²) in [6.45, 7) is 0. The van der Waals surface area contributed by atoms with E-state index < -0.39 is 0 Å². The summed E-state index contributed by atoms with van der Waals surface area (Å²) in [6.07, 6.45) is 4.55. The molecule has 8 heteroatoms. The van der Waals surface area contributed by atoms with E-state index in [2.05, 4.69) is 34.6 Å². The van der Waals surface area contributed by atoms with Gasteiger partial charge in [0.1, 0.15) is 0 Å². The van der Waals surface area contributed by atoms with Crippen LogP contribution in [0.3, 0.4) is 0 Å². The number of aliphatic hydroxyl groups is 1. The summed E-state index contributed by atoms with van der Waals surface area (Å²) >= 11 is 1.42. The first-order chi connectivity index (χ1) is 15.6. The van der Waals surface area contributed by atoms with Crippen molar-refractivity contribution in [3.63, 3.8) is 0 Å². The molecule has 0 bridgehead atoms. The van der Waals surface area contributed by atoms with E-state index >= 15 is 0 Å². The van der Waals surface area contributed by atoms with Crippen LogP contribution in [-0.4, -0.2) is 41.9 Å². The van der Waals surface area contributed by atoms with Crippen LogP contribution in [0.15, 0.2) is 54.6 Å². The van der Waals surface area contributed by atoms with Gasteiger partial charge in [-0.25, -0.2) is 0 Å². The molecule has 0 unspecified atom stereocenters. The second kappa shape index (κ2) is 9.57. The van der Waals surface area contributed by atoms with Gasteiger partial charge in [0, 0.05) is 0 Å². The number of nitrogens with two attached hydrogens (primary N) is 1. The van der Waals surface area contributed by atoms with Crippen LogP contribution in [0.4, 0.5) is 16.6 Å². The quantitative estimate of drug-likeness (QED) is 0.270. The van der Waals surface area contributed by atoms with Gasteiger partial charge in [0.25, 0.3) is 0 Å². The van der Waals surface area contributed by atoms with Crippen LogP contribution < -0.4 is 15.7 Å². The zero-order valence-corrected chi connectivity index (χ0v) is 20.3. The zero-order chi connectivity index (χ0) is 21.9. The molecule has 1 radical (unpaired) electrons. The Morgan fingerprint density at radius 3 is 2.62 bits per heavy atom. The summed E-state index contributed by atoms with van der Waals surface area (Å²) in [5.74, 6) is 0.791. The zero-order valence-electron chi connectivity index (χ0n) is 17.6. The van der Waals surface area contributed by atoms with Crippen molar-refractivity contribution in [3.8, 4) is 0 Å². The van der Waals surface area contributed by atoms with Crippen molar-refractivity contribution in [1.29, 1.82) is 0 Å². The number of thiazole rings is 1. The van der Waals surface area contributed by atoms with Crippen molar-refractivity contribution >= 4 is 58.6 Å². The molecule has 163 valence electrons. The van der Waals surface area contributed by atoms with Crippen molar-refractivity contribution in [3.05, 3.63) is 65.9 Å². The maximum atomic E-state index is 9.84. The first kappa shape index (κ1) is 21.4. The van der Waals surface area contributed by atoms with Gasteiger partial charge in [0.05, 0.1) is 0 Å². The van der Waals surface area contributed by atoms with Crippen LogP contribution in [0.1, 0.15) is 36.9 Å². The molecule has 0 atom stereocenters. The van der Waals surface area contributed by atoms with Crippen molar-refractivity contribution in [2.45, 2.75) is 42.9 Å². The first-order valence-electron chi connectivity index (χ1n) is 10.8. The van der Waals surface area contributed by atoms with Gasteiger partial charge >= 0.3 is 198 Å². The van der Waals surface area contributed by atoms with Crippen molar-refractivity contribution in [2.75, 3.05) is 11.1 Å². The molecular weight excluding hydrogens is 481 g/mol. The molecule has 4 N–H and O–H groups in total. The topological polar surface area (TPSA) is 97.0 Å². The van der Waals surface area contributed by atoms with Crippen LogP contribution in [0.2, 0.25) is 4.71 Å². The van der Waals surface area contributed by atoms with Crippen LogP contribution in [0, 0.1) is 0 Å². The van der Waals surface area contributed by atoms with Crippen LogP contribution in [0.25, 0.3) is 10.2 Å². The maximum absolute atomic E-state index is 9.84. The van der Waals surface area contributed by atoms with Gasteiger partial charge < -0.3 is 0 Å². The number of nitrogen functional groups attached to an aromatic ring is 1. The predicted octanol–water partition coefficient (Wildman–Crippen LogP) is 4.06. The molecule has 0 aliphatic heterocycles. The SMILES string of the molecule is Nc1ccc2nc(Nc3cc(Cc4ccccc4)nc([As]C4CCC(O)CC4)n3)sc2c1. The van der Waals surface area contributed by atoms with Crippen LogP contribution >= 0.6 is 11.3 Å². The van der Waals surface area contributed by atoms with E-state index in [9.17, 15) is 5.11 Å². The molecule has 5 rings (SSSR count). The van der Waals surface area contributed by atoms with Crippen LogP contribution in [-0.2, 0) is 6.42 Å². The molecule has 6 nitrogen and oxygen atoms in total. The van der Waals surface area contributed by atoms with Crippen molar-refractivity contribution < 1.29 is 5.11 Å². The van der Waals surface area contributed by atoms with E-state index in [-0.39, 0.29) is 21.9 Å². The third-order valence-electron chi connectivity index (χ3n) is 5.61. The molecule has 1 aliphatic carbocycles. The normalized spacial score (nSPS) is 19.0. The second-order valence-corrected chi connectivity index (χ2v) is 12.1. The van der Waals surface area contributed by atoms with Gasteiger partial charge in [-0.1, -0.05) is 0 Å². The molecule has 0 amide bonds. The molecular formula is C24H25AsN5OS. The Morgan fingerprint density at radius 2 is 1.81 bits per heavy atom. The Labute approximate surface area is 198 Å². The van der Waals surface area contributed by atoms with E-state index in [0.717, 1.165) is 69.3 Å². The summed E-state index contributed by atoms with van der Waals surface area (Å²) in [7, 11) is 0. The Morgan fingerprint density at radius 1 is 1.00 bits per heavy atom. The number of nitrogens with zero attached hydrogens (tertiary/aromatic N) is 3. The Kier molecular flexibility index (Phi) is 6.39. The van der Waals surface area contributed by atoms with Gasteiger partial charge in [-0.2, -0.15) is 0 Å². The average molecular weight is 506 g/mol. The van der Waals surface area contributed by atoms with E-state index in [1.54, 1.807) is 11.3 Å². The number of fused-ring (bicyclic) bond motifs is 1. The minimum absolute atomic E-state index is 0.136. The number of aromatic nitrogens is 3. The van der Waals surface area contributed by atoms with Crippen molar-refractivity contribution in [2.24, 2.45) is 0 Å². The average Bonchev–Trinajstić information content (AvgIpc) is 3.17. The second-order valence-electron chi connectivity index (χ2n) is 8.17.